The Morgan fingerprint density at radius 2 is 1.52 bits per heavy atom. The molecular formula is C18H33IN2. The Morgan fingerprint density at radius 1 is 1.00 bits per heavy atom. The van der Waals surface area contributed by atoms with Crippen LogP contribution < -0.4 is 0 Å². The second-order valence-electron chi connectivity index (χ2n) is 6.69. The molecule has 0 aliphatic rings. The summed E-state index contributed by atoms with van der Waals surface area (Å²) in [7, 11) is 2.18. The van der Waals surface area contributed by atoms with Crippen molar-refractivity contribution in [2.75, 3.05) is 0 Å². The molecule has 0 aliphatic heterocycles. The fourth-order valence-electron chi connectivity index (χ4n) is 3.29. The van der Waals surface area contributed by atoms with Crippen LogP contribution in [-0.4, -0.2) is 9.55 Å². The van der Waals surface area contributed by atoms with Gasteiger partial charge in [0.25, 0.3) is 0 Å². The Balaban J connectivity index is 2.88. The topological polar surface area (TPSA) is 17.8 Å². The summed E-state index contributed by atoms with van der Waals surface area (Å²) in [5, 5.41) is 0. The highest BCUT2D eigenvalue weighted by molar-refractivity contribution is 14.1. The second kappa shape index (κ2) is 9.16. The van der Waals surface area contributed by atoms with E-state index in [0.29, 0.717) is 0 Å². The molecule has 0 bridgehead atoms. The molecule has 21 heavy (non-hydrogen) atoms. The van der Waals surface area contributed by atoms with Crippen LogP contribution in [0.2, 0.25) is 0 Å². The zero-order chi connectivity index (χ0) is 15.9. The second-order valence-corrected chi connectivity index (χ2v) is 7.71. The lowest BCUT2D eigenvalue weighted by atomic mass is 9.77. The Labute approximate surface area is 145 Å². The van der Waals surface area contributed by atoms with Gasteiger partial charge in [-0.2, -0.15) is 0 Å². The third-order valence-corrected chi connectivity index (χ3v) is 5.51. The number of imidazole rings is 1. The quantitative estimate of drug-likeness (QED) is 0.338. The first-order valence-electron chi connectivity index (χ1n) is 8.65. The Morgan fingerprint density at radius 3 is 2.00 bits per heavy atom. The predicted octanol–water partition coefficient (Wildman–Crippen LogP) is 6.14. The van der Waals surface area contributed by atoms with E-state index >= 15 is 0 Å². The molecule has 0 spiro atoms. The maximum atomic E-state index is 4.70. The Kier molecular flexibility index (Phi) is 8.28. The zero-order valence-electron chi connectivity index (χ0n) is 14.6. The third-order valence-electron chi connectivity index (χ3n) is 4.76. The van der Waals surface area contributed by atoms with Gasteiger partial charge in [-0.25, -0.2) is 4.98 Å². The summed E-state index contributed by atoms with van der Waals surface area (Å²) in [6.45, 7) is 9.16. The largest absolute Gasteiger partial charge is 0.334 e. The SMILES string of the molecule is CCCCCCC(C)(CCCCC)c1c(I)nc(C)n1C. The summed E-state index contributed by atoms with van der Waals surface area (Å²) >= 11 is 2.43. The maximum absolute atomic E-state index is 4.70. The van der Waals surface area contributed by atoms with E-state index in [0.717, 1.165) is 5.82 Å². The molecule has 122 valence electrons. The molecule has 1 unspecified atom stereocenters. The lowest BCUT2D eigenvalue weighted by Crippen LogP contribution is -2.26. The van der Waals surface area contributed by atoms with Gasteiger partial charge in [0.15, 0.2) is 0 Å². The number of aryl methyl sites for hydroxylation is 1. The van der Waals surface area contributed by atoms with Crippen LogP contribution in [0.1, 0.15) is 90.1 Å². The fraction of sp³-hybridized carbons (Fsp3) is 0.833. The van der Waals surface area contributed by atoms with Crippen molar-refractivity contribution in [3.8, 4) is 0 Å². The lowest BCUT2D eigenvalue weighted by Gasteiger charge is -2.31. The van der Waals surface area contributed by atoms with E-state index in [-0.39, 0.29) is 5.41 Å². The van der Waals surface area contributed by atoms with Crippen molar-refractivity contribution in [2.24, 2.45) is 7.05 Å². The minimum absolute atomic E-state index is 0.287. The summed E-state index contributed by atoms with van der Waals surface area (Å²) < 4.78 is 3.54. The highest BCUT2D eigenvalue weighted by Gasteiger charge is 2.31. The molecule has 3 heteroatoms. The molecule has 1 aromatic rings. The number of rotatable bonds is 10. The summed E-state index contributed by atoms with van der Waals surface area (Å²) in [4.78, 5) is 4.70. The zero-order valence-corrected chi connectivity index (χ0v) is 16.8. The third kappa shape index (κ3) is 5.26. The molecule has 1 aromatic heterocycles. The van der Waals surface area contributed by atoms with Crippen molar-refractivity contribution in [3.63, 3.8) is 0 Å². The predicted molar refractivity (Wildman–Crippen MR) is 101 cm³/mol. The van der Waals surface area contributed by atoms with Gasteiger partial charge >= 0.3 is 0 Å². The van der Waals surface area contributed by atoms with Crippen molar-refractivity contribution in [2.45, 2.75) is 90.9 Å². The van der Waals surface area contributed by atoms with Gasteiger partial charge in [-0.15, -0.1) is 0 Å². The van der Waals surface area contributed by atoms with Crippen molar-refractivity contribution in [1.82, 2.24) is 9.55 Å². The molecule has 0 saturated carbocycles. The summed E-state index contributed by atoms with van der Waals surface area (Å²) in [6, 6.07) is 0. The van der Waals surface area contributed by atoms with Gasteiger partial charge in [-0.3, -0.25) is 0 Å². The van der Waals surface area contributed by atoms with Crippen LogP contribution in [0.25, 0.3) is 0 Å². The van der Waals surface area contributed by atoms with E-state index in [1.807, 2.05) is 0 Å². The van der Waals surface area contributed by atoms with Crippen molar-refractivity contribution < 1.29 is 0 Å². The van der Waals surface area contributed by atoms with Crippen molar-refractivity contribution >= 4 is 22.6 Å². The molecule has 1 atom stereocenters. The molecule has 0 N–H and O–H groups in total. The van der Waals surface area contributed by atoms with Crippen LogP contribution in [0.5, 0.6) is 0 Å². The minimum Gasteiger partial charge on any atom is -0.334 e. The van der Waals surface area contributed by atoms with Crippen LogP contribution >= 0.6 is 22.6 Å². The molecule has 0 aliphatic carbocycles. The van der Waals surface area contributed by atoms with Gasteiger partial charge < -0.3 is 4.57 Å². The smallest absolute Gasteiger partial charge is 0.123 e. The van der Waals surface area contributed by atoms with Crippen LogP contribution in [-0.2, 0) is 12.5 Å². The molecule has 0 radical (unpaired) electrons. The van der Waals surface area contributed by atoms with Gasteiger partial charge in [-0.05, 0) is 42.4 Å². The number of aromatic nitrogens is 2. The van der Waals surface area contributed by atoms with Gasteiger partial charge in [0.05, 0.1) is 5.69 Å². The lowest BCUT2D eigenvalue weighted by molar-refractivity contribution is 0.346. The van der Waals surface area contributed by atoms with E-state index in [9.17, 15) is 0 Å². The van der Waals surface area contributed by atoms with E-state index in [1.54, 1.807) is 0 Å². The summed E-state index contributed by atoms with van der Waals surface area (Å²) in [6.07, 6.45) is 12.0. The van der Waals surface area contributed by atoms with Gasteiger partial charge in [0.1, 0.15) is 9.53 Å². The minimum atomic E-state index is 0.287. The summed E-state index contributed by atoms with van der Waals surface area (Å²) in [5.74, 6) is 1.14. The number of unbranched alkanes of at least 4 members (excludes halogenated alkanes) is 5. The van der Waals surface area contributed by atoms with Crippen molar-refractivity contribution in [1.29, 1.82) is 0 Å². The molecule has 0 fully saturated rings. The standard InChI is InChI=1S/C18H33IN2/c1-6-8-10-12-14-18(4,13-11-9-7-2)16-17(19)20-15(3)21(16)5/h6-14H2,1-5H3. The van der Waals surface area contributed by atoms with Crippen LogP contribution in [0.4, 0.5) is 0 Å². The molecule has 0 amide bonds. The van der Waals surface area contributed by atoms with Crippen molar-refractivity contribution in [3.05, 3.63) is 15.2 Å². The molecule has 1 heterocycles. The number of halogens is 1. The molecule has 0 saturated heterocycles. The highest BCUT2D eigenvalue weighted by atomic mass is 127. The Bertz CT molecular complexity index is 425. The van der Waals surface area contributed by atoms with Crippen LogP contribution in [0.3, 0.4) is 0 Å². The van der Waals surface area contributed by atoms with E-state index < -0.39 is 0 Å². The number of hydrogen-bond acceptors (Lipinski definition) is 1. The number of hydrogen-bond donors (Lipinski definition) is 0. The molecule has 0 aromatic carbocycles. The monoisotopic (exact) mass is 404 g/mol. The first kappa shape index (κ1) is 19.0. The normalized spacial score (nSPS) is 14.4. The Hall–Kier alpha value is -0.0600. The molecular weight excluding hydrogens is 371 g/mol. The van der Waals surface area contributed by atoms with Gasteiger partial charge in [0, 0.05) is 12.5 Å². The summed E-state index contributed by atoms with van der Waals surface area (Å²) in [5.41, 5.74) is 1.75. The van der Waals surface area contributed by atoms with Crippen LogP contribution in [0.15, 0.2) is 0 Å². The average molecular weight is 404 g/mol. The number of nitrogens with zero attached hydrogens (tertiary/aromatic N) is 2. The van der Waals surface area contributed by atoms with Gasteiger partial charge in [-0.1, -0.05) is 65.7 Å². The van der Waals surface area contributed by atoms with Gasteiger partial charge in [0.2, 0.25) is 0 Å². The highest BCUT2D eigenvalue weighted by Crippen LogP contribution is 2.37. The van der Waals surface area contributed by atoms with Crippen LogP contribution in [0, 0.1) is 10.6 Å². The van der Waals surface area contributed by atoms with E-state index in [4.69, 9.17) is 4.98 Å². The first-order valence-corrected chi connectivity index (χ1v) is 9.73. The first-order chi connectivity index (χ1) is 9.96. The maximum Gasteiger partial charge on any atom is 0.123 e. The van der Waals surface area contributed by atoms with E-state index in [1.165, 1.54) is 67.2 Å². The fourth-order valence-corrected chi connectivity index (χ4v) is 4.66. The van der Waals surface area contributed by atoms with E-state index in [2.05, 4.69) is 61.9 Å². The molecule has 2 nitrogen and oxygen atoms in total. The average Bonchev–Trinajstić information content (AvgIpc) is 2.69. The molecule has 1 rings (SSSR count).